The summed E-state index contributed by atoms with van der Waals surface area (Å²) in [6.45, 7) is 2.63. The van der Waals surface area contributed by atoms with Gasteiger partial charge < -0.3 is 14.8 Å². The molecule has 1 aliphatic rings. The molecule has 1 heterocycles. The van der Waals surface area contributed by atoms with Crippen LogP contribution < -0.4 is 14.8 Å². The molecule has 0 saturated heterocycles. The van der Waals surface area contributed by atoms with Crippen LogP contribution in [0.4, 0.5) is 0 Å². The Balaban J connectivity index is 1.48. The third-order valence-corrected chi connectivity index (χ3v) is 4.46. The molecule has 3 aromatic rings. The topological polar surface area (TPSA) is 30.5 Å². The van der Waals surface area contributed by atoms with Crippen molar-refractivity contribution in [2.24, 2.45) is 0 Å². The minimum atomic E-state index is 0.547. The van der Waals surface area contributed by atoms with Crippen LogP contribution in [-0.2, 0) is 13.1 Å². The zero-order chi connectivity index (χ0) is 16.4. The molecule has 0 radical (unpaired) electrons. The second-order valence-electron chi connectivity index (χ2n) is 5.84. The quantitative estimate of drug-likeness (QED) is 0.756. The number of rotatable bonds is 4. The fourth-order valence-electron chi connectivity index (χ4n) is 3.05. The lowest BCUT2D eigenvalue weighted by Crippen LogP contribution is -2.17. The Morgan fingerprint density at radius 2 is 1.75 bits per heavy atom. The highest BCUT2D eigenvalue weighted by molar-refractivity contribution is 6.32. The van der Waals surface area contributed by atoms with Crippen LogP contribution in [0.5, 0.6) is 11.5 Å². The van der Waals surface area contributed by atoms with Gasteiger partial charge >= 0.3 is 0 Å². The third-order valence-electron chi connectivity index (χ3n) is 4.18. The predicted octanol–water partition coefficient (Wildman–Crippen LogP) is 4.55. The molecule has 0 spiro atoms. The van der Waals surface area contributed by atoms with Gasteiger partial charge in [-0.1, -0.05) is 54.1 Å². The van der Waals surface area contributed by atoms with Crippen molar-refractivity contribution < 1.29 is 9.47 Å². The van der Waals surface area contributed by atoms with E-state index < -0.39 is 0 Å². The molecule has 4 rings (SSSR count). The van der Waals surface area contributed by atoms with Crippen molar-refractivity contribution in [3.63, 3.8) is 0 Å². The van der Waals surface area contributed by atoms with Gasteiger partial charge in [-0.15, -0.1) is 0 Å². The summed E-state index contributed by atoms with van der Waals surface area (Å²) in [6.07, 6.45) is 0. The van der Waals surface area contributed by atoms with Gasteiger partial charge in [0.15, 0.2) is 11.5 Å². The highest BCUT2D eigenvalue weighted by Crippen LogP contribution is 2.38. The highest BCUT2D eigenvalue weighted by Gasteiger charge is 2.16. The van der Waals surface area contributed by atoms with Crippen molar-refractivity contribution in [3.8, 4) is 11.5 Å². The summed E-state index contributed by atoms with van der Waals surface area (Å²) in [5, 5.41) is 6.64. The van der Waals surface area contributed by atoms with Crippen LogP contribution in [0.2, 0.25) is 5.02 Å². The van der Waals surface area contributed by atoms with Gasteiger partial charge in [-0.2, -0.15) is 0 Å². The second kappa shape index (κ2) is 6.71. The van der Waals surface area contributed by atoms with Crippen LogP contribution >= 0.6 is 11.6 Å². The number of fused-ring (bicyclic) bond motifs is 2. The number of hydrogen-bond acceptors (Lipinski definition) is 3. The lowest BCUT2D eigenvalue weighted by atomic mass is 10.0. The van der Waals surface area contributed by atoms with E-state index in [1.807, 2.05) is 12.1 Å². The average molecular weight is 340 g/mol. The molecule has 0 fully saturated rings. The first-order valence-electron chi connectivity index (χ1n) is 8.06. The van der Waals surface area contributed by atoms with Crippen molar-refractivity contribution in [1.82, 2.24) is 5.32 Å². The molecular formula is C20H18ClNO2. The van der Waals surface area contributed by atoms with E-state index in [-0.39, 0.29) is 0 Å². The smallest absolute Gasteiger partial charge is 0.179 e. The molecule has 3 aromatic carbocycles. The molecule has 3 nitrogen and oxygen atoms in total. The van der Waals surface area contributed by atoms with E-state index >= 15 is 0 Å². The molecule has 0 amide bonds. The van der Waals surface area contributed by atoms with E-state index in [4.69, 9.17) is 21.1 Å². The molecular weight excluding hydrogens is 322 g/mol. The molecule has 0 unspecified atom stereocenters. The van der Waals surface area contributed by atoms with Crippen molar-refractivity contribution >= 4 is 22.4 Å². The molecule has 122 valence electrons. The zero-order valence-electron chi connectivity index (χ0n) is 13.2. The summed E-state index contributed by atoms with van der Waals surface area (Å²) >= 11 is 6.29. The standard InChI is InChI=1S/C20H18ClNO2/c21-18-10-14(11-19-20(18)24-9-8-23-19)12-22-13-16-6-3-5-15-4-1-2-7-17(15)16/h1-7,10-11,22H,8-9,12-13H2. The highest BCUT2D eigenvalue weighted by atomic mass is 35.5. The zero-order valence-corrected chi connectivity index (χ0v) is 14.0. The third kappa shape index (κ3) is 3.05. The van der Waals surface area contributed by atoms with Crippen LogP contribution in [0.1, 0.15) is 11.1 Å². The number of nitrogens with one attached hydrogen (secondary N) is 1. The lowest BCUT2D eigenvalue weighted by molar-refractivity contribution is 0.171. The van der Waals surface area contributed by atoms with Gasteiger partial charge in [0.1, 0.15) is 13.2 Å². The van der Waals surface area contributed by atoms with Crippen molar-refractivity contribution in [3.05, 3.63) is 70.7 Å². The van der Waals surface area contributed by atoms with Gasteiger partial charge in [0, 0.05) is 13.1 Å². The van der Waals surface area contributed by atoms with E-state index in [1.54, 1.807) is 0 Å². The van der Waals surface area contributed by atoms with Crippen molar-refractivity contribution in [2.75, 3.05) is 13.2 Å². The monoisotopic (exact) mass is 339 g/mol. The molecule has 0 bridgehead atoms. The van der Waals surface area contributed by atoms with Crippen molar-refractivity contribution in [2.45, 2.75) is 13.1 Å². The van der Waals surface area contributed by atoms with Gasteiger partial charge in [0.05, 0.1) is 5.02 Å². The Kier molecular flexibility index (Phi) is 4.28. The summed E-state index contributed by atoms with van der Waals surface area (Å²) in [6, 6.07) is 18.8. The SMILES string of the molecule is Clc1cc(CNCc2cccc3ccccc23)cc2c1OCCO2. The fourth-order valence-corrected chi connectivity index (χ4v) is 3.34. The van der Waals surface area contributed by atoms with Gasteiger partial charge in [0.2, 0.25) is 0 Å². The molecule has 0 aromatic heterocycles. The fraction of sp³-hybridized carbons (Fsp3) is 0.200. The van der Waals surface area contributed by atoms with Crippen LogP contribution in [0.3, 0.4) is 0 Å². The van der Waals surface area contributed by atoms with E-state index in [1.165, 1.54) is 16.3 Å². The summed E-state index contributed by atoms with van der Waals surface area (Å²) < 4.78 is 11.2. The summed E-state index contributed by atoms with van der Waals surface area (Å²) in [4.78, 5) is 0. The molecule has 0 saturated carbocycles. The van der Waals surface area contributed by atoms with Crippen LogP contribution in [0.15, 0.2) is 54.6 Å². The van der Waals surface area contributed by atoms with Crippen molar-refractivity contribution in [1.29, 1.82) is 0 Å². The summed E-state index contributed by atoms with van der Waals surface area (Å²) in [7, 11) is 0. The normalized spacial score (nSPS) is 13.2. The minimum Gasteiger partial charge on any atom is -0.486 e. The molecule has 0 aliphatic carbocycles. The largest absolute Gasteiger partial charge is 0.486 e. The first-order chi connectivity index (χ1) is 11.8. The Morgan fingerprint density at radius 3 is 2.71 bits per heavy atom. The van der Waals surface area contributed by atoms with Gasteiger partial charge in [-0.3, -0.25) is 0 Å². The maximum atomic E-state index is 6.29. The molecule has 1 N–H and O–H groups in total. The number of benzene rings is 3. The predicted molar refractivity (Wildman–Crippen MR) is 96.9 cm³/mol. The second-order valence-corrected chi connectivity index (χ2v) is 6.25. The average Bonchev–Trinajstić information content (AvgIpc) is 2.62. The number of halogens is 1. The van der Waals surface area contributed by atoms with Gasteiger partial charge in [-0.25, -0.2) is 0 Å². The Hall–Kier alpha value is -2.23. The molecule has 4 heteroatoms. The maximum Gasteiger partial charge on any atom is 0.179 e. The first-order valence-corrected chi connectivity index (χ1v) is 8.44. The molecule has 1 aliphatic heterocycles. The Labute approximate surface area is 146 Å². The Bertz CT molecular complexity index is 873. The number of hydrogen-bond donors (Lipinski definition) is 1. The summed E-state index contributed by atoms with van der Waals surface area (Å²) in [5.41, 5.74) is 2.38. The van der Waals surface area contributed by atoms with E-state index in [9.17, 15) is 0 Å². The maximum absolute atomic E-state index is 6.29. The van der Waals surface area contributed by atoms with E-state index in [2.05, 4.69) is 47.8 Å². The lowest BCUT2D eigenvalue weighted by Gasteiger charge is -2.20. The van der Waals surface area contributed by atoms with Gasteiger partial charge in [-0.05, 0) is 34.0 Å². The number of ether oxygens (including phenoxy) is 2. The first kappa shape index (κ1) is 15.3. The van der Waals surface area contributed by atoms with Crippen LogP contribution in [0.25, 0.3) is 10.8 Å². The Morgan fingerprint density at radius 1 is 0.917 bits per heavy atom. The van der Waals surface area contributed by atoms with E-state index in [0.717, 1.165) is 24.4 Å². The van der Waals surface area contributed by atoms with Gasteiger partial charge in [0.25, 0.3) is 0 Å². The minimum absolute atomic E-state index is 0.547. The summed E-state index contributed by atoms with van der Waals surface area (Å²) in [5.74, 6) is 1.39. The molecule has 0 atom stereocenters. The van der Waals surface area contributed by atoms with Crippen LogP contribution in [-0.4, -0.2) is 13.2 Å². The van der Waals surface area contributed by atoms with E-state index in [0.29, 0.717) is 24.0 Å². The molecule has 24 heavy (non-hydrogen) atoms. The van der Waals surface area contributed by atoms with Crippen LogP contribution in [0, 0.1) is 0 Å².